The van der Waals surface area contributed by atoms with Gasteiger partial charge in [0.15, 0.2) is 0 Å². The lowest BCUT2D eigenvalue weighted by Gasteiger charge is -2.31. The molecule has 0 radical (unpaired) electrons. The Morgan fingerprint density at radius 1 is 1.07 bits per heavy atom. The normalized spacial score (nSPS) is 16.4. The smallest absolute Gasteiger partial charge is 0.251 e. The number of nitrogens with one attached hydrogen (secondary N) is 1. The number of hydrogen-bond donors (Lipinski definition) is 1. The van der Waals surface area contributed by atoms with Gasteiger partial charge in [-0.05, 0) is 56.6 Å². The summed E-state index contributed by atoms with van der Waals surface area (Å²) in [5.74, 6) is 0.645. The SMILES string of the molecule is COc1cccc(C(=O)NC[C@H](c2ccc(C)cc2)N2CCCCCC2)c1. The van der Waals surface area contributed by atoms with E-state index < -0.39 is 0 Å². The zero-order valence-corrected chi connectivity index (χ0v) is 16.4. The first-order valence-electron chi connectivity index (χ1n) is 9.90. The lowest BCUT2D eigenvalue weighted by Crippen LogP contribution is -2.38. The third kappa shape index (κ3) is 5.33. The molecule has 144 valence electrons. The van der Waals surface area contributed by atoms with Gasteiger partial charge < -0.3 is 10.1 Å². The van der Waals surface area contributed by atoms with Gasteiger partial charge in [0.25, 0.3) is 5.91 Å². The van der Waals surface area contributed by atoms with Crippen LogP contribution in [0, 0.1) is 6.92 Å². The number of ether oxygens (including phenoxy) is 1. The summed E-state index contributed by atoms with van der Waals surface area (Å²) in [7, 11) is 1.61. The quantitative estimate of drug-likeness (QED) is 0.826. The van der Waals surface area contributed by atoms with E-state index in [0.717, 1.165) is 13.1 Å². The van der Waals surface area contributed by atoms with Crippen LogP contribution in [-0.2, 0) is 0 Å². The first kappa shape index (κ1) is 19.4. The van der Waals surface area contributed by atoms with Crippen LogP contribution in [0.2, 0.25) is 0 Å². The molecule has 2 aromatic carbocycles. The first-order chi connectivity index (χ1) is 13.2. The van der Waals surface area contributed by atoms with Crippen LogP contribution in [0.4, 0.5) is 0 Å². The standard InChI is InChI=1S/C23H30N2O2/c1-18-10-12-19(13-11-18)22(25-14-5-3-4-6-15-25)17-24-23(26)20-8-7-9-21(16-20)27-2/h7-13,16,22H,3-6,14-15,17H2,1-2H3,(H,24,26)/t22-/m1/s1. The van der Waals surface area contributed by atoms with Gasteiger partial charge in [0, 0.05) is 12.1 Å². The van der Waals surface area contributed by atoms with Crippen LogP contribution >= 0.6 is 0 Å². The topological polar surface area (TPSA) is 41.6 Å². The molecule has 1 N–H and O–H groups in total. The average molecular weight is 367 g/mol. The van der Waals surface area contributed by atoms with Crippen molar-refractivity contribution >= 4 is 5.91 Å². The van der Waals surface area contributed by atoms with Gasteiger partial charge in [0.2, 0.25) is 0 Å². The zero-order valence-electron chi connectivity index (χ0n) is 16.4. The Bertz CT molecular complexity index is 734. The maximum atomic E-state index is 12.7. The Kier molecular flexibility index (Phi) is 6.88. The van der Waals surface area contributed by atoms with Crippen molar-refractivity contribution in [1.82, 2.24) is 10.2 Å². The molecule has 0 spiro atoms. The van der Waals surface area contributed by atoms with Crippen LogP contribution < -0.4 is 10.1 Å². The van der Waals surface area contributed by atoms with Crippen molar-refractivity contribution in [3.8, 4) is 5.75 Å². The van der Waals surface area contributed by atoms with Gasteiger partial charge in [0.1, 0.15) is 5.75 Å². The molecule has 0 unspecified atom stereocenters. The fourth-order valence-electron chi connectivity index (χ4n) is 3.71. The number of amides is 1. The molecule has 2 aromatic rings. The van der Waals surface area contributed by atoms with E-state index in [1.807, 2.05) is 18.2 Å². The molecule has 1 atom stereocenters. The van der Waals surface area contributed by atoms with Crippen molar-refractivity contribution < 1.29 is 9.53 Å². The first-order valence-corrected chi connectivity index (χ1v) is 9.90. The van der Waals surface area contributed by atoms with E-state index in [0.29, 0.717) is 17.9 Å². The highest BCUT2D eigenvalue weighted by molar-refractivity contribution is 5.94. The predicted octanol–water partition coefficient (Wildman–Crippen LogP) is 4.35. The molecule has 0 aliphatic carbocycles. The molecule has 1 fully saturated rings. The lowest BCUT2D eigenvalue weighted by atomic mass is 10.0. The van der Waals surface area contributed by atoms with Crippen molar-refractivity contribution in [2.75, 3.05) is 26.7 Å². The number of aryl methyl sites for hydroxylation is 1. The second kappa shape index (κ2) is 9.56. The number of carbonyl (C=O) groups excluding carboxylic acids is 1. The summed E-state index contributed by atoms with van der Waals surface area (Å²) < 4.78 is 5.23. The number of carbonyl (C=O) groups is 1. The van der Waals surface area contributed by atoms with Crippen molar-refractivity contribution in [2.45, 2.75) is 38.6 Å². The minimum absolute atomic E-state index is 0.0548. The summed E-state index contributed by atoms with van der Waals surface area (Å²) in [5, 5.41) is 3.15. The maximum absolute atomic E-state index is 12.7. The Labute approximate surface area is 162 Å². The molecule has 0 saturated carbocycles. The highest BCUT2D eigenvalue weighted by Gasteiger charge is 2.22. The van der Waals surface area contributed by atoms with Crippen molar-refractivity contribution in [3.05, 3.63) is 65.2 Å². The monoisotopic (exact) mass is 366 g/mol. The second-order valence-electron chi connectivity index (χ2n) is 7.32. The van der Waals surface area contributed by atoms with E-state index in [-0.39, 0.29) is 11.9 Å². The van der Waals surface area contributed by atoms with Gasteiger partial charge in [0.05, 0.1) is 13.2 Å². The molecule has 4 heteroatoms. The van der Waals surface area contributed by atoms with Crippen LogP contribution in [0.15, 0.2) is 48.5 Å². The number of rotatable bonds is 6. The van der Waals surface area contributed by atoms with E-state index in [1.165, 1.54) is 36.8 Å². The average Bonchev–Trinajstić information content (AvgIpc) is 2.99. The van der Waals surface area contributed by atoms with Gasteiger partial charge in [-0.15, -0.1) is 0 Å². The molecule has 1 saturated heterocycles. The van der Waals surface area contributed by atoms with Gasteiger partial charge in [-0.3, -0.25) is 9.69 Å². The molecule has 1 aliphatic heterocycles. The highest BCUT2D eigenvalue weighted by Crippen LogP contribution is 2.24. The van der Waals surface area contributed by atoms with Crippen molar-refractivity contribution in [3.63, 3.8) is 0 Å². The van der Waals surface area contributed by atoms with Gasteiger partial charge >= 0.3 is 0 Å². The van der Waals surface area contributed by atoms with E-state index in [4.69, 9.17) is 4.74 Å². The second-order valence-corrected chi connectivity index (χ2v) is 7.32. The summed E-state index contributed by atoms with van der Waals surface area (Å²) in [5.41, 5.74) is 3.16. The summed E-state index contributed by atoms with van der Waals surface area (Å²) >= 11 is 0. The van der Waals surface area contributed by atoms with E-state index >= 15 is 0 Å². The van der Waals surface area contributed by atoms with Gasteiger partial charge in [-0.25, -0.2) is 0 Å². The number of methoxy groups -OCH3 is 1. The van der Waals surface area contributed by atoms with E-state index in [2.05, 4.69) is 41.4 Å². The minimum atomic E-state index is -0.0548. The fourth-order valence-corrected chi connectivity index (χ4v) is 3.71. The highest BCUT2D eigenvalue weighted by atomic mass is 16.5. The van der Waals surface area contributed by atoms with Gasteiger partial charge in [-0.1, -0.05) is 48.7 Å². The van der Waals surface area contributed by atoms with E-state index in [9.17, 15) is 4.79 Å². The summed E-state index contributed by atoms with van der Waals surface area (Å²) in [6.45, 7) is 4.90. The van der Waals surface area contributed by atoms with Crippen LogP contribution in [0.5, 0.6) is 5.75 Å². The Balaban J connectivity index is 1.74. The summed E-state index contributed by atoms with van der Waals surface area (Å²) in [4.78, 5) is 15.2. The number of likely N-dealkylation sites (tertiary alicyclic amines) is 1. The van der Waals surface area contributed by atoms with Crippen molar-refractivity contribution in [1.29, 1.82) is 0 Å². The van der Waals surface area contributed by atoms with Crippen LogP contribution in [0.1, 0.15) is 53.2 Å². The molecule has 3 rings (SSSR count). The molecule has 1 heterocycles. The summed E-state index contributed by atoms with van der Waals surface area (Å²) in [6.07, 6.45) is 5.05. The minimum Gasteiger partial charge on any atom is -0.497 e. The molecule has 0 bridgehead atoms. The Morgan fingerprint density at radius 2 is 1.78 bits per heavy atom. The lowest BCUT2D eigenvalue weighted by molar-refractivity contribution is 0.0933. The largest absolute Gasteiger partial charge is 0.497 e. The molecule has 0 aromatic heterocycles. The molecule has 1 aliphatic rings. The zero-order chi connectivity index (χ0) is 19.1. The molecule has 4 nitrogen and oxygen atoms in total. The van der Waals surface area contributed by atoms with Crippen LogP contribution in [0.3, 0.4) is 0 Å². The summed E-state index contributed by atoms with van der Waals surface area (Å²) in [6, 6.07) is 16.2. The third-order valence-corrected chi connectivity index (χ3v) is 5.33. The molecule has 1 amide bonds. The molecule has 27 heavy (non-hydrogen) atoms. The number of benzene rings is 2. The molecular formula is C23H30N2O2. The van der Waals surface area contributed by atoms with Crippen LogP contribution in [0.25, 0.3) is 0 Å². The van der Waals surface area contributed by atoms with Crippen LogP contribution in [-0.4, -0.2) is 37.6 Å². The number of nitrogens with zero attached hydrogens (tertiary/aromatic N) is 1. The van der Waals surface area contributed by atoms with E-state index in [1.54, 1.807) is 13.2 Å². The number of hydrogen-bond acceptors (Lipinski definition) is 3. The Hall–Kier alpha value is -2.33. The fraction of sp³-hybridized carbons (Fsp3) is 0.435. The third-order valence-electron chi connectivity index (χ3n) is 5.33. The predicted molar refractivity (Wildman–Crippen MR) is 109 cm³/mol. The Morgan fingerprint density at radius 3 is 2.44 bits per heavy atom. The molecular weight excluding hydrogens is 336 g/mol. The van der Waals surface area contributed by atoms with Crippen molar-refractivity contribution in [2.24, 2.45) is 0 Å². The van der Waals surface area contributed by atoms with Gasteiger partial charge in [-0.2, -0.15) is 0 Å². The maximum Gasteiger partial charge on any atom is 0.251 e.